The van der Waals surface area contributed by atoms with E-state index in [1.165, 1.54) is 87.8 Å². The molecule has 10 rings (SSSR count). The zero-order valence-corrected chi connectivity index (χ0v) is 25.8. The second-order valence-electron chi connectivity index (χ2n) is 11.9. The van der Waals surface area contributed by atoms with Gasteiger partial charge in [-0.05, 0) is 82.9 Å². The molecule has 3 aromatic heterocycles. The summed E-state index contributed by atoms with van der Waals surface area (Å²) in [6.45, 7) is 0. The fourth-order valence-electron chi connectivity index (χ4n) is 7.52. The summed E-state index contributed by atoms with van der Waals surface area (Å²) in [6, 6.07) is 55.5. The molecule has 0 saturated heterocycles. The summed E-state index contributed by atoms with van der Waals surface area (Å²) < 4.78 is 5.94. The van der Waals surface area contributed by atoms with Gasteiger partial charge in [0.15, 0.2) is 0 Å². The largest absolute Gasteiger partial charge is 0.309 e. The minimum absolute atomic E-state index is 1.09. The van der Waals surface area contributed by atoms with Gasteiger partial charge < -0.3 is 8.97 Å². The van der Waals surface area contributed by atoms with Gasteiger partial charge in [0.25, 0.3) is 0 Å². The van der Waals surface area contributed by atoms with Crippen LogP contribution in [0.1, 0.15) is 0 Å². The van der Waals surface area contributed by atoms with Gasteiger partial charge in [-0.15, -0.1) is 0 Å². The standard InChI is InChI=1S/C42H25BrN2/c43-30-9-6-8-26(22-30)27-17-20-39-36(23-27)34-13-7-14-35-37-24-28(18-21-40(37)45(39)42(34)35)29-16-19-33-32-12-4-5-15-38(32)44(41(33)25-29)31-10-2-1-3-11-31/h1-25H. The third-order valence-corrected chi connectivity index (χ3v) is 9.99. The molecular formula is C42H25BrN2. The van der Waals surface area contributed by atoms with E-state index in [1.54, 1.807) is 0 Å². The highest BCUT2D eigenvalue weighted by atomic mass is 79.9. The van der Waals surface area contributed by atoms with Crippen LogP contribution in [0.25, 0.3) is 87.8 Å². The molecule has 0 saturated carbocycles. The van der Waals surface area contributed by atoms with Gasteiger partial charge in [-0.1, -0.05) is 107 Å². The van der Waals surface area contributed by atoms with Crippen LogP contribution in [-0.4, -0.2) is 8.97 Å². The Bertz CT molecular complexity index is 2770. The number of fused-ring (bicyclic) bond motifs is 9. The van der Waals surface area contributed by atoms with Crippen LogP contribution < -0.4 is 0 Å². The van der Waals surface area contributed by atoms with Crippen molar-refractivity contribution in [1.29, 1.82) is 0 Å². The molecule has 10 aromatic rings. The van der Waals surface area contributed by atoms with Crippen LogP contribution in [-0.2, 0) is 0 Å². The molecule has 3 heterocycles. The van der Waals surface area contributed by atoms with Crippen molar-refractivity contribution < 1.29 is 0 Å². The van der Waals surface area contributed by atoms with Crippen LogP contribution in [0.5, 0.6) is 0 Å². The van der Waals surface area contributed by atoms with Crippen molar-refractivity contribution in [3.05, 3.63) is 156 Å². The Kier molecular flexibility index (Phi) is 5.17. The Labute approximate surface area is 267 Å². The SMILES string of the molecule is Brc1cccc(-c2ccc3c(c2)c2cccc4c5cc(-c6ccc7c8ccccc8n(-c8ccccc8)c7c6)ccc5n3c24)c1. The Morgan fingerprint density at radius 2 is 0.933 bits per heavy atom. The topological polar surface area (TPSA) is 9.34 Å². The van der Waals surface area contributed by atoms with E-state index in [9.17, 15) is 0 Å². The summed E-state index contributed by atoms with van der Waals surface area (Å²) in [5.74, 6) is 0. The van der Waals surface area contributed by atoms with E-state index in [1.807, 2.05) is 0 Å². The summed E-state index contributed by atoms with van der Waals surface area (Å²) in [7, 11) is 0. The molecule has 0 radical (unpaired) electrons. The van der Waals surface area contributed by atoms with Crippen LogP contribution in [0.15, 0.2) is 156 Å². The van der Waals surface area contributed by atoms with E-state index in [0.29, 0.717) is 0 Å². The summed E-state index contributed by atoms with van der Waals surface area (Å²) >= 11 is 3.64. The van der Waals surface area contributed by atoms with Crippen molar-refractivity contribution >= 4 is 75.8 Å². The van der Waals surface area contributed by atoms with E-state index in [4.69, 9.17) is 0 Å². The molecule has 3 heteroatoms. The van der Waals surface area contributed by atoms with Gasteiger partial charge in [0, 0.05) is 42.5 Å². The van der Waals surface area contributed by atoms with Gasteiger partial charge in [-0.3, -0.25) is 0 Å². The van der Waals surface area contributed by atoms with Crippen LogP contribution in [0.3, 0.4) is 0 Å². The van der Waals surface area contributed by atoms with Gasteiger partial charge in [-0.2, -0.15) is 0 Å². The molecule has 0 aliphatic carbocycles. The van der Waals surface area contributed by atoms with Gasteiger partial charge in [0.1, 0.15) is 0 Å². The lowest BCUT2D eigenvalue weighted by atomic mass is 9.99. The second kappa shape index (κ2) is 9.31. The lowest BCUT2D eigenvalue weighted by Crippen LogP contribution is -1.93. The van der Waals surface area contributed by atoms with E-state index in [2.05, 4.69) is 177 Å². The highest BCUT2D eigenvalue weighted by Crippen LogP contribution is 2.42. The average molecular weight is 638 g/mol. The highest BCUT2D eigenvalue weighted by molar-refractivity contribution is 9.10. The maximum Gasteiger partial charge on any atom is 0.0620 e. The number of rotatable bonds is 3. The minimum atomic E-state index is 1.09. The Morgan fingerprint density at radius 1 is 0.356 bits per heavy atom. The summed E-state index contributed by atoms with van der Waals surface area (Å²) in [5, 5.41) is 7.72. The zero-order valence-electron chi connectivity index (χ0n) is 24.2. The first-order chi connectivity index (χ1) is 22.2. The molecule has 0 N–H and O–H groups in total. The van der Waals surface area contributed by atoms with Crippen molar-refractivity contribution in [2.24, 2.45) is 0 Å². The Hall–Kier alpha value is -5.38. The number of hydrogen-bond acceptors (Lipinski definition) is 0. The van der Waals surface area contributed by atoms with Gasteiger partial charge >= 0.3 is 0 Å². The van der Waals surface area contributed by atoms with E-state index >= 15 is 0 Å². The van der Waals surface area contributed by atoms with E-state index in [0.717, 1.165) is 4.47 Å². The lowest BCUT2D eigenvalue weighted by molar-refractivity contribution is 1.18. The number of para-hydroxylation sites is 3. The monoisotopic (exact) mass is 636 g/mol. The van der Waals surface area contributed by atoms with Gasteiger partial charge in [0.2, 0.25) is 0 Å². The highest BCUT2D eigenvalue weighted by Gasteiger charge is 2.19. The third-order valence-electron chi connectivity index (χ3n) is 9.49. The van der Waals surface area contributed by atoms with Crippen LogP contribution in [0.2, 0.25) is 0 Å². The third kappa shape index (κ3) is 3.56. The summed E-state index contributed by atoms with van der Waals surface area (Å²) in [6.07, 6.45) is 0. The quantitative estimate of drug-likeness (QED) is 0.182. The number of halogens is 1. The van der Waals surface area contributed by atoms with E-state index < -0.39 is 0 Å². The van der Waals surface area contributed by atoms with Crippen molar-refractivity contribution in [1.82, 2.24) is 8.97 Å². The second-order valence-corrected chi connectivity index (χ2v) is 12.8. The van der Waals surface area contributed by atoms with E-state index in [-0.39, 0.29) is 0 Å². The van der Waals surface area contributed by atoms with Crippen molar-refractivity contribution in [2.75, 3.05) is 0 Å². The van der Waals surface area contributed by atoms with Crippen molar-refractivity contribution in [2.45, 2.75) is 0 Å². The van der Waals surface area contributed by atoms with Crippen molar-refractivity contribution in [3.8, 4) is 27.9 Å². The molecule has 0 unspecified atom stereocenters. The number of nitrogens with zero attached hydrogens (tertiary/aromatic N) is 2. The minimum Gasteiger partial charge on any atom is -0.309 e. The lowest BCUT2D eigenvalue weighted by Gasteiger charge is -2.09. The molecule has 45 heavy (non-hydrogen) atoms. The molecule has 0 aliphatic rings. The Morgan fingerprint density at radius 3 is 1.67 bits per heavy atom. The van der Waals surface area contributed by atoms with Crippen molar-refractivity contribution in [3.63, 3.8) is 0 Å². The smallest absolute Gasteiger partial charge is 0.0620 e. The summed E-state index contributed by atoms with van der Waals surface area (Å²) in [4.78, 5) is 0. The molecule has 0 amide bonds. The Balaban J connectivity index is 1.19. The molecule has 0 spiro atoms. The molecule has 2 nitrogen and oxygen atoms in total. The fraction of sp³-hybridized carbons (Fsp3) is 0. The van der Waals surface area contributed by atoms with Crippen LogP contribution in [0.4, 0.5) is 0 Å². The molecular weight excluding hydrogens is 612 g/mol. The number of hydrogen-bond donors (Lipinski definition) is 0. The molecule has 0 bridgehead atoms. The zero-order chi connectivity index (χ0) is 29.6. The first kappa shape index (κ1) is 25.0. The maximum atomic E-state index is 3.64. The van der Waals surface area contributed by atoms with Gasteiger partial charge in [-0.25, -0.2) is 0 Å². The molecule has 0 aliphatic heterocycles. The summed E-state index contributed by atoms with van der Waals surface area (Å²) in [5.41, 5.74) is 12.3. The normalized spacial score (nSPS) is 12.1. The average Bonchev–Trinajstić information content (AvgIpc) is 3.73. The maximum absolute atomic E-state index is 3.64. The number of benzene rings is 7. The van der Waals surface area contributed by atoms with Crippen LogP contribution in [0, 0.1) is 0 Å². The van der Waals surface area contributed by atoms with Crippen LogP contribution >= 0.6 is 15.9 Å². The van der Waals surface area contributed by atoms with Gasteiger partial charge in [0.05, 0.1) is 27.6 Å². The molecule has 7 aromatic carbocycles. The molecule has 0 fully saturated rings. The number of aromatic nitrogens is 2. The first-order valence-corrected chi connectivity index (χ1v) is 16.1. The molecule has 0 atom stereocenters. The predicted molar refractivity (Wildman–Crippen MR) is 194 cm³/mol. The predicted octanol–water partition coefficient (Wildman–Crippen LogP) is 12.0. The first-order valence-electron chi connectivity index (χ1n) is 15.3. The fourth-order valence-corrected chi connectivity index (χ4v) is 7.92. The molecule has 210 valence electrons.